The quantitative estimate of drug-likeness (QED) is 0.905. The number of aromatic nitrogens is 1. The summed E-state index contributed by atoms with van der Waals surface area (Å²) in [6.45, 7) is 2.62. The molecule has 1 N–H and O–H groups in total. The van der Waals surface area contributed by atoms with Crippen LogP contribution in [0.3, 0.4) is 0 Å². The van der Waals surface area contributed by atoms with E-state index in [-0.39, 0.29) is 0 Å². The van der Waals surface area contributed by atoms with E-state index in [0.29, 0.717) is 28.8 Å². The van der Waals surface area contributed by atoms with Crippen LogP contribution >= 0.6 is 11.3 Å². The maximum Gasteiger partial charge on any atom is 0.443 e. The van der Waals surface area contributed by atoms with Gasteiger partial charge in [-0.15, -0.1) is 11.3 Å². The number of alkyl halides is 3. The highest BCUT2D eigenvalue weighted by molar-refractivity contribution is 7.15. The van der Waals surface area contributed by atoms with E-state index < -0.39 is 11.2 Å². The van der Waals surface area contributed by atoms with Gasteiger partial charge in [-0.1, -0.05) is 23.8 Å². The molecule has 1 saturated carbocycles. The zero-order chi connectivity index (χ0) is 15.0. The number of halogens is 3. The summed E-state index contributed by atoms with van der Waals surface area (Å²) >= 11 is 0.702. The second-order valence-corrected chi connectivity index (χ2v) is 6.37. The van der Waals surface area contributed by atoms with Crippen LogP contribution in [0.5, 0.6) is 0 Å². The Morgan fingerprint density at radius 1 is 1.33 bits per heavy atom. The molecule has 1 fully saturated rings. The normalized spacial score (nSPS) is 15.4. The van der Waals surface area contributed by atoms with Gasteiger partial charge in [-0.2, -0.15) is 13.2 Å². The summed E-state index contributed by atoms with van der Waals surface area (Å²) in [6, 6.07) is 6.45. The molecule has 1 aliphatic carbocycles. The minimum Gasteiger partial charge on any atom is -0.310 e. The van der Waals surface area contributed by atoms with Gasteiger partial charge in [0.05, 0.1) is 4.88 Å². The lowest BCUT2D eigenvalue weighted by Gasteiger charge is -2.10. The Labute approximate surface area is 125 Å². The monoisotopic (exact) mass is 312 g/mol. The van der Waals surface area contributed by atoms with Crippen molar-refractivity contribution < 1.29 is 13.2 Å². The third-order valence-corrected chi connectivity index (χ3v) is 4.51. The third kappa shape index (κ3) is 3.44. The van der Waals surface area contributed by atoms with Gasteiger partial charge in [-0.25, -0.2) is 4.98 Å². The van der Waals surface area contributed by atoms with Crippen molar-refractivity contribution in [1.29, 1.82) is 0 Å². The molecule has 0 bridgehead atoms. The predicted molar refractivity (Wildman–Crippen MR) is 77.2 cm³/mol. The molecule has 0 saturated heterocycles. The van der Waals surface area contributed by atoms with Crippen LogP contribution in [-0.2, 0) is 12.7 Å². The van der Waals surface area contributed by atoms with Gasteiger partial charge in [-0.05, 0) is 30.9 Å². The summed E-state index contributed by atoms with van der Waals surface area (Å²) in [7, 11) is 0. The Balaban J connectivity index is 1.91. The van der Waals surface area contributed by atoms with E-state index in [1.807, 2.05) is 25.1 Å². The van der Waals surface area contributed by atoms with Gasteiger partial charge in [0.2, 0.25) is 0 Å². The van der Waals surface area contributed by atoms with Crippen LogP contribution in [0.15, 0.2) is 24.4 Å². The molecule has 112 valence electrons. The van der Waals surface area contributed by atoms with Crippen molar-refractivity contribution in [2.75, 3.05) is 0 Å². The van der Waals surface area contributed by atoms with Gasteiger partial charge >= 0.3 is 6.18 Å². The van der Waals surface area contributed by atoms with E-state index in [2.05, 4.69) is 10.3 Å². The number of rotatable bonds is 4. The lowest BCUT2D eigenvalue weighted by atomic mass is 10.0. The van der Waals surface area contributed by atoms with E-state index in [9.17, 15) is 13.2 Å². The SMILES string of the molecule is Cc1ccc(CNC2CC2)c(-c2cnc(C(F)(F)F)s2)c1. The summed E-state index contributed by atoms with van der Waals surface area (Å²) in [4.78, 5) is 4.08. The molecule has 1 aromatic heterocycles. The molecule has 0 amide bonds. The van der Waals surface area contributed by atoms with Gasteiger partial charge in [-0.3, -0.25) is 0 Å². The Morgan fingerprint density at radius 2 is 2.10 bits per heavy atom. The van der Waals surface area contributed by atoms with Crippen molar-refractivity contribution >= 4 is 11.3 Å². The summed E-state index contributed by atoms with van der Waals surface area (Å²) in [5, 5.41) is 2.61. The fraction of sp³-hybridized carbons (Fsp3) is 0.400. The molecule has 0 atom stereocenters. The summed E-state index contributed by atoms with van der Waals surface area (Å²) in [5.41, 5.74) is 2.89. The Morgan fingerprint density at radius 3 is 2.71 bits per heavy atom. The smallest absolute Gasteiger partial charge is 0.310 e. The van der Waals surface area contributed by atoms with Crippen molar-refractivity contribution in [3.05, 3.63) is 40.5 Å². The fourth-order valence-corrected chi connectivity index (χ4v) is 2.98. The molecule has 0 radical (unpaired) electrons. The number of aryl methyl sites for hydroxylation is 1. The number of hydrogen-bond acceptors (Lipinski definition) is 3. The zero-order valence-corrected chi connectivity index (χ0v) is 12.3. The number of thiazole rings is 1. The van der Waals surface area contributed by atoms with Gasteiger partial charge < -0.3 is 5.32 Å². The molecule has 1 aliphatic rings. The van der Waals surface area contributed by atoms with Gasteiger partial charge in [0.25, 0.3) is 0 Å². The van der Waals surface area contributed by atoms with Crippen LogP contribution in [0.1, 0.15) is 29.0 Å². The standard InChI is InChI=1S/C15H15F3N2S/c1-9-2-3-10(7-19-11-4-5-11)12(6-9)13-8-20-14(21-13)15(16,17)18/h2-3,6,8,11,19H,4-5,7H2,1H3. The minimum atomic E-state index is -4.38. The second kappa shape index (κ2) is 5.42. The second-order valence-electron chi connectivity index (χ2n) is 5.34. The largest absolute Gasteiger partial charge is 0.443 e. The van der Waals surface area contributed by atoms with Crippen LogP contribution in [0.2, 0.25) is 0 Å². The average molecular weight is 312 g/mol. The van der Waals surface area contributed by atoms with E-state index in [4.69, 9.17) is 0 Å². The third-order valence-electron chi connectivity index (χ3n) is 3.44. The van der Waals surface area contributed by atoms with Crippen LogP contribution in [0.4, 0.5) is 13.2 Å². The van der Waals surface area contributed by atoms with Crippen LogP contribution in [-0.4, -0.2) is 11.0 Å². The first kappa shape index (κ1) is 14.5. The maximum atomic E-state index is 12.7. The summed E-state index contributed by atoms with van der Waals surface area (Å²) in [5.74, 6) is 0. The van der Waals surface area contributed by atoms with Crippen LogP contribution in [0.25, 0.3) is 10.4 Å². The number of nitrogens with zero attached hydrogens (tertiary/aromatic N) is 1. The summed E-state index contributed by atoms with van der Waals surface area (Å²) < 4.78 is 38.1. The van der Waals surface area contributed by atoms with Gasteiger partial charge in [0.1, 0.15) is 0 Å². The molecule has 1 aromatic carbocycles. The molecular weight excluding hydrogens is 297 g/mol. The fourth-order valence-electron chi connectivity index (χ4n) is 2.15. The van der Waals surface area contributed by atoms with Gasteiger partial charge in [0, 0.05) is 18.8 Å². The number of nitrogens with one attached hydrogen (secondary N) is 1. The van der Waals surface area contributed by atoms with Crippen LogP contribution in [0, 0.1) is 6.92 Å². The van der Waals surface area contributed by atoms with Crippen molar-refractivity contribution in [1.82, 2.24) is 10.3 Å². The first-order valence-electron chi connectivity index (χ1n) is 6.80. The predicted octanol–water partition coefficient (Wildman–Crippen LogP) is 4.39. The maximum absolute atomic E-state index is 12.7. The average Bonchev–Trinajstić information content (AvgIpc) is 3.10. The molecule has 0 aliphatic heterocycles. The van der Waals surface area contributed by atoms with Crippen molar-refractivity contribution in [2.45, 2.75) is 38.5 Å². The molecule has 1 heterocycles. The lowest BCUT2D eigenvalue weighted by Crippen LogP contribution is -2.15. The van der Waals surface area contributed by atoms with Crippen LogP contribution < -0.4 is 5.32 Å². The summed E-state index contributed by atoms with van der Waals surface area (Å²) in [6.07, 6.45) is -0.692. The minimum absolute atomic E-state index is 0.561. The van der Waals surface area contributed by atoms with E-state index >= 15 is 0 Å². The van der Waals surface area contributed by atoms with Gasteiger partial charge in [0.15, 0.2) is 5.01 Å². The Bertz CT molecular complexity index is 645. The molecule has 0 spiro atoms. The molecule has 0 unspecified atom stereocenters. The highest BCUT2D eigenvalue weighted by Crippen LogP contribution is 2.37. The number of benzene rings is 1. The topological polar surface area (TPSA) is 24.9 Å². The first-order chi connectivity index (χ1) is 9.93. The first-order valence-corrected chi connectivity index (χ1v) is 7.61. The molecule has 6 heteroatoms. The van der Waals surface area contributed by atoms with Crippen molar-refractivity contribution in [3.63, 3.8) is 0 Å². The molecule has 2 aromatic rings. The lowest BCUT2D eigenvalue weighted by molar-refractivity contribution is -0.137. The molecule has 2 nitrogen and oxygen atoms in total. The van der Waals surface area contributed by atoms with E-state index in [1.165, 1.54) is 19.0 Å². The Kier molecular flexibility index (Phi) is 3.75. The highest BCUT2D eigenvalue weighted by atomic mass is 32.1. The zero-order valence-electron chi connectivity index (χ0n) is 11.5. The van der Waals surface area contributed by atoms with E-state index in [1.54, 1.807) is 0 Å². The highest BCUT2D eigenvalue weighted by Gasteiger charge is 2.34. The van der Waals surface area contributed by atoms with Crippen molar-refractivity contribution in [2.24, 2.45) is 0 Å². The molecule has 21 heavy (non-hydrogen) atoms. The van der Waals surface area contributed by atoms with Crippen molar-refractivity contribution in [3.8, 4) is 10.4 Å². The van der Waals surface area contributed by atoms with E-state index in [0.717, 1.165) is 16.7 Å². The Hall–Kier alpha value is -1.40. The number of hydrogen-bond donors (Lipinski definition) is 1. The molecular formula is C15H15F3N2S. The molecule has 3 rings (SSSR count).